The highest BCUT2D eigenvalue weighted by Crippen LogP contribution is 2.21. The van der Waals surface area contributed by atoms with Crippen molar-refractivity contribution < 1.29 is 9.13 Å². The molecule has 1 N–H and O–H groups in total. The van der Waals surface area contributed by atoms with Crippen LogP contribution in [0, 0.1) is 5.82 Å². The van der Waals surface area contributed by atoms with Crippen molar-refractivity contribution in [2.45, 2.75) is 12.8 Å². The zero-order chi connectivity index (χ0) is 12.0. The van der Waals surface area contributed by atoms with Crippen molar-refractivity contribution in [1.29, 1.82) is 0 Å². The van der Waals surface area contributed by atoms with Gasteiger partial charge in [0.1, 0.15) is 5.82 Å². The minimum absolute atomic E-state index is 0.219. The third kappa shape index (κ3) is 4.20. The fourth-order valence-electron chi connectivity index (χ4n) is 1.43. The van der Waals surface area contributed by atoms with Crippen LogP contribution in [0.3, 0.4) is 0 Å². The Morgan fingerprint density at radius 3 is 2.88 bits per heavy atom. The maximum absolute atomic E-state index is 13.0. The number of benzene rings is 1. The van der Waals surface area contributed by atoms with Crippen molar-refractivity contribution in [2.24, 2.45) is 0 Å². The van der Waals surface area contributed by atoms with E-state index < -0.39 is 0 Å². The van der Waals surface area contributed by atoms with Gasteiger partial charge in [0.25, 0.3) is 0 Å². The molecule has 90 valence electrons. The summed E-state index contributed by atoms with van der Waals surface area (Å²) in [6, 6.07) is 5.14. The zero-order valence-corrected chi connectivity index (χ0v) is 11.2. The third-order valence-corrected chi connectivity index (χ3v) is 3.05. The minimum Gasteiger partial charge on any atom is -0.383 e. The normalized spacial score (nSPS) is 12.8. The fraction of sp³-hybridized carbons (Fsp3) is 0.500. The first kappa shape index (κ1) is 13.6. The van der Waals surface area contributed by atoms with Crippen LogP contribution in [0.4, 0.5) is 4.39 Å². The molecule has 1 aromatic rings. The first-order chi connectivity index (χ1) is 7.65. The lowest BCUT2D eigenvalue weighted by Crippen LogP contribution is -2.23. The molecule has 1 unspecified atom stereocenters. The summed E-state index contributed by atoms with van der Waals surface area (Å²) in [7, 11) is 1.68. The van der Waals surface area contributed by atoms with Gasteiger partial charge in [-0.05, 0) is 39.5 Å². The van der Waals surface area contributed by atoms with Crippen LogP contribution in [0.15, 0.2) is 22.7 Å². The van der Waals surface area contributed by atoms with Gasteiger partial charge < -0.3 is 10.1 Å². The second-order valence-electron chi connectivity index (χ2n) is 3.77. The molecule has 0 saturated carbocycles. The van der Waals surface area contributed by atoms with E-state index in [-0.39, 0.29) is 5.82 Å². The summed E-state index contributed by atoms with van der Waals surface area (Å²) in [5, 5.41) is 3.28. The van der Waals surface area contributed by atoms with Gasteiger partial charge in [0, 0.05) is 20.2 Å². The lowest BCUT2D eigenvalue weighted by atomic mass is 10.0. The molecule has 0 fully saturated rings. The molecule has 0 spiro atoms. The van der Waals surface area contributed by atoms with Crippen LogP contribution in [0.25, 0.3) is 0 Å². The predicted molar refractivity (Wildman–Crippen MR) is 67.3 cm³/mol. The Labute approximate surface area is 104 Å². The molecule has 0 saturated heterocycles. The second-order valence-corrected chi connectivity index (χ2v) is 4.63. The van der Waals surface area contributed by atoms with Gasteiger partial charge in [-0.1, -0.05) is 13.0 Å². The number of halogens is 2. The highest BCUT2D eigenvalue weighted by Gasteiger charge is 2.07. The summed E-state index contributed by atoms with van der Waals surface area (Å²) in [4.78, 5) is 0. The van der Waals surface area contributed by atoms with Gasteiger partial charge in [-0.25, -0.2) is 4.39 Å². The monoisotopic (exact) mass is 289 g/mol. The van der Waals surface area contributed by atoms with Crippen molar-refractivity contribution in [1.82, 2.24) is 5.32 Å². The van der Waals surface area contributed by atoms with Crippen LogP contribution in [0.5, 0.6) is 0 Å². The van der Waals surface area contributed by atoms with Gasteiger partial charge >= 0.3 is 0 Å². The van der Waals surface area contributed by atoms with Crippen LogP contribution in [-0.2, 0) is 4.74 Å². The van der Waals surface area contributed by atoms with E-state index in [1.165, 1.54) is 6.07 Å². The Kier molecular flexibility index (Phi) is 5.95. The number of hydrogen-bond donors (Lipinski definition) is 1. The molecule has 1 aromatic carbocycles. The molecule has 1 atom stereocenters. The molecule has 0 aliphatic rings. The second kappa shape index (κ2) is 6.99. The van der Waals surface area contributed by atoms with Crippen LogP contribution in [-0.4, -0.2) is 26.8 Å². The van der Waals surface area contributed by atoms with E-state index in [2.05, 4.69) is 28.2 Å². The maximum atomic E-state index is 13.0. The molecule has 0 bridgehead atoms. The molecule has 0 amide bonds. The van der Waals surface area contributed by atoms with Crippen LogP contribution in [0.2, 0.25) is 0 Å². The lowest BCUT2D eigenvalue weighted by Gasteiger charge is -2.13. The summed E-state index contributed by atoms with van der Waals surface area (Å²) in [5.41, 5.74) is 1.12. The Bertz CT molecular complexity index is 333. The van der Waals surface area contributed by atoms with E-state index in [1.807, 2.05) is 12.1 Å². The highest BCUT2D eigenvalue weighted by molar-refractivity contribution is 9.10. The molecule has 1 rings (SSSR count). The van der Waals surface area contributed by atoms with E-state index in [0.29, 0.717) is 17.0 Å². The number of nitrogens with one attached hydrogen (secondary N) is 1. The number of methoxy groups -OCH3 is 1. The first-order valence-corrected chi connectivity index (χ1v) is 6.09. The SMILES string of the molecule is COCCNCC(C)c1ccc(F)c(Br)c1. The average molecular weight is 290 g/mol. The van der Waals surface area contributed by atoms with Crippen molar-refractivity contribution in [3.05, 3.63) is 34.1 Å². The van der Waals surface area contributed by atoms with Crippen LogP contribution in [0.1, 0.15) is 18.4 Å². The molecule has 16 heavy (non-hydrogen) atoms. The molecule has 0 radical (unpaired) electrons. The molecule has 0 aromatic heterocycles. The summed E-state index contributed by atoms with van der Waals surface area (Å²) in [6.45, 7) is 4.52. The average Bonchev–Trinajstić information content (AvgIpc) is 2.28. The topological polar surface area (TPSA) is 21.3 Å². The van der Waals surface area contributed by atoms with Gasteiger partial charge in [-0.3, -0.25) is 0 Å². The van der Waals surface area contributed by atoms with Crippen molar-refractivity contribution in [3.63, 3.8) is 0 Å². The standard InChI is InChI=1S/C12H17BrFNO/c1-9(8-15-5-6-16-2)10-3-4-12(14)11(13)7-10/h3-4,7,9,15H,5-6,8H2,1-2H3. The summed E-state index contributed by atoms with van der Waals surface area (Å²) in [6.07, 6.45) is 0. The van der Waals surface area contributed by atoms with E-state index in [9.17, 15) is 4.39 Å². The summed E-state index contributed by atoms with van der Waals surface area (Å²) >= 11 is 3.19. The Morgan fingerprint density at radius 2 is 2.25 bits per heavy atom. The quantitative estimate of drug-likeness (QED) is 0.813. The molecular weight excluding hydrogens is 273 g/mol. The molecule has 0 aliphatic heterocycles. The van der Waals surface area contributed by atoms with E-state index >= 15 is 0 Å². The van der Waals surface area contributed by atoms with Crippen molar-refractivity contribution in [3.8, 4) is 0 Å². The highest BCUT2D eigenvalue weighted by atomic mass is 79.9. The van der Waals surface area contributed by atoms with Gasteiger partial charge in [-0.2, -0.15) is 0 Å². The summed E-state index contributed by atoms with van der Waals surface area (Å²) in [5.74, 6) is 0.136. The van der Waals surface area contributed by atoms with Crippen molar-refractivity contribution >= 4 is 15.9 Å². The van der Waals surface area contributed by atoms with Gasteiger partial charge in [0.15, 0.2) is 0 Å². The lowest BCUT2D eigenvalue weighted by molar-refractivity contribution is 0.199. The number of hydrogen-bond acceptors (Lipinski definition) is 2. The van der Waals surface area contributed by atoms with Crippen LogP contribution >= 0.6 is 15.9 Å². The van der Waals surface area contributed by atoms with Gasteiger partial charge in [0.2, 0.25) is 0 Å². The molecule has 0 heterocycles. The Morgan fingerprint density at radius 1 is 1.50 bits per heavy atom. The maximum Gasteiger partial charge on any atom is 0.137 e. The smallest absolute Gasteiger partial charge is 0.137 e. The predicted octanol–water partition coefficient (Wildman–Crippen LogP) is 2.93. The number of ether oxygens (including phenoxy) is 1. The largest absolute Gasteiger partial charge is 0.383 e. The van der Waals surface area contributed by atoms with E-state index in [1.54, 1.807) is 7.11 Å². The van der Waals surface area contributed by atoms with Gasteiger partial charge in [-0.15, -0.1) is 0 Å². The van der Waals surface area contributed by atoms with E-state index in [0.717, 1.165) is 18.7 Å². The van der Waals surface area contributed by atoms with Crippen molar-refractivity contribution in [2.75, 3.05) is 26.8 Å². The molecule has 0 aliphatic carbocycles. The first-order valence-electron chi connectivity index (χ1n) is 5.29. The molecule has 2 nitrogen and oxygen atoms in total. The minimum atomic E-state index is -0.219. The van der Waals surface area contributed by atoms with Crippen LogP contribution < -0.4 is 5.32 Å². The zero-order valence-electron chi connectivity index (χ0n) is 9.59. The fourth-order valence-corrected chi connectivity index (χ4v) is 1.83. The summed E-state index contributed by atoms with van der Waals surface area (Å²) < 4.78 is 18.5. The molecular formula is C12H17BrFNO. The van der Waals surface area contributed by atoms with Gasteiger partial charge in [0.05, 0.1) is 11.1 Å². The third-order valence-electron chi connectivity index (χ3n) is 2.45. The Hall–Kier alpha value is -0.450. The Balaban J connectivity index is 2.46. The number of rotatable bonds is 6. The van der Waals surface area contributed by atoms with E-state index in [4.69, 9.17) is 4.74 Å². The molecule has 4 heteroatoms.